The fourth-order valence-electron chi connectivity index (χ4n) is 0.938. The van der Waals surface area contributed by atoms with Crippen molar-refractivity contribution in [2.75, 3.05) is 19.8 Å². The summed E-state index contributed by atoms with van der Waals surface area (Å²) in [4.78, 5) is 22.0. The lowest BCUT2D eigenvalue weighted by Crippen LogP contribution is -2.14. The number of ether oxygens (including phenoxy) is 2. The van der Waals surface area contributed by atoms with Gasteiger partial charge in [-0.3, -0.25) is 9.59 Å². The predicted molar refractivity (Wildman–Crippen MR) is 52.0 cm³/mol. The van der Waals surface area contributed by atoms with E-state index in [1.54, 1.807) is 0 Å². The molecule has 0 amide bonds. The van der Waals surface area contributed by atoms with Crippen LogP contribution in [0.5, 0.6) is 0 Å². The normalized spacial score (nSPS) is 9.86. The molecule has 0 saturated carbocycles. The molecule has 0 heterocycles. The van der Waals surface area contributed by atoms with Crippen LogP contribution in [-0.4, -0.2) is 31.6 Å². The Hall–Kier alpha value is -0.900. The van der Waals surface area contributed by atoms with Gasteiger partial charge in [-0.15, -0.1) is 0 Å². The molecule has 0 aromatic heterocycles. The zero-order valence-corrected chi connectivity index (χ0v) is 8.88. The monoisotopic (exact) mass is 202 g/mol. The Morgan fingerprint density at radius 1 is 1.14 bits per heavy atom. The quantitative estimate of drug-likeness (QED) is 0.338. The molecule has 14 heavy (non-hydrogen) atoms. The van der Waals surface area contributed by atoms with Crippen molar-refractivity contribution >= 4 is 11.8 Å². The Labute approximate surface area is 84.6 Å². The summed E-state index contributed by atoms with van der Waals surface area (Å²) in [6, 6.07) is 0. The number of carbonyl (C=O) groups excluding carboxylic acids is 2. The average molecular weight is 202 g/mol. The van der Waals surface area contributed by atoms with E-state index < -0.39 is 5.97 Å². The van der Waals surface area contributed by atoms with Crippen LogP contribution in [0.15, 0.2) is 0 Å². The van der Waals surface area contributed by atoms with Crippen molar-refractivity contribution in [3.8, 4) is 0 Å². The van der Waals surface area contributed by atoms with E-state index in [0.717, 1.165) is 6.42 Å². The molecule has 0 aliphatic heterocycles. The highest BCUT2D eigenvalue weighted by atomic mass is 16.6. The summed E-state index contributed by atoms with van der Waals surface area (Å²) in [6.07, 6.45) is 1.10. The molecule has 4 heteroatoms. The van der Waals surface area contributed by atoms with Gasteiger partial charge in [0.2, 0.25) is 0 Å². The molecule has 0 fully saturated rings. The Kier molecular flexibility index (Phi) is 8.13. The second-order valence-electron chi connectivity index (χ2n) is 2.88. The second kappa shape index (κ2) is 8.69. The molecule has 0 spiro atoms. The second-order valence-corrected chi connectivity index (χ2v) is 2.88. The molecule has 0 rings (SSSR count). The first-order valence-electron chi connectivity index (χ1n) is 4.95. The highest BCUT2D eigenvalue weighted by Crippen LogP contribution is 1.96. The molecular weight excluding hydrogens is 184 g/mol. The van der Waals surface area contributed by atoms with Crippen LogP contribution >= 0.6 is 0 Å². The lowest BCUT2D eigenvalue weighted by atomic mass is 10.2. The molecule has 0 bridgehead atoms. The summed E-state index contributed by atoms with van der Waals surface area (Å²) in [6.45, 7) is 4.99. The van der Waals surface area contributed by atoms with Crippen molar-refractivity contribution < 1.29 is 19.1 Å². The van der Waals surface area contributed by atoms with Crippen LogP contribution < -0.4 is 0 Å². The van der Waals surface area contributed by atoms with E-state index in [1.807, 2.05) is 13.8 Å². The third-order valence-corrected chi connectivity index (χ3v) is 1.57. The minimum absolute atomic E-state index is 0.0612. The average Bonchev–Trinajstić information content (AvgIpc) is 2.13. The standard InChI is InChI=1S/C10H18O4/c1-3-5-9(11)8-10(12)14-7-6-13-4-2/h3-8H2,1-2H3. The molecule has 0 N–H and O–H groups in total. The van der Waals surface area contributed by atoms with Gasteiger partial charge in [0.15, 0.2) is 0 Å². The van der Waals surface area contributed by atoms with E-state index >= 15 is 0 Å². The van der Waals surface area contributed by atoms with Gasteiger partial charge >= 0.3 is 5.97 Å². The topological polar surface area (TPSA) is 52.6 Å². The zero-order chi connectivity index (χ0) is 10.8. The van der Waals surface area contributed by atoms with Crippen molar-refractivity contribution in [1.29, 1.82) is 0 Å². The third kappa shape index (κ3) is 7.73. The maximum atomic E-state index is 11.0. The maximum Gasteiger partial charge on any atom is 0.313 e. The number of hydrogen-bond donors (Lipinski definition) is 0. The summed E-state index contributed by atoms with van der Waals surface area (Å²) >= 11 is 0. The molecule has 82 valence electrons. The first-order valence-corrected chi connectivity index (χ1v) is 4.95. The summed E-state index contributed by atoms with van der Waals surface area (Å²) in [5.41, 5.74) is 0. The van der Waals surface area contributed by atoms with Crippen LogP contribution in [0.4, 0.5) is 0 Å². The van der Waals surface area contributed by atoms with Crippen LogP contribution in [-0.2, 0) is 19.1 Å². The lowest BCUT2D eigenvalue weighted by Gasteiger charge is -2.03. The van der Waals surface area contributed by atoms with Gasteiger partial charge < -0.3 is 9.47 Å². The molecule has 0 aliphatic rings. The molecule has 0 aromatic carbocycles. The minimum Gasteiger partial charge on any atom is -0.463 e. The molecule has 0 aromatic rings. The summed E-state index contributed by atoms with van der Waals surface area (Å²) in [7, 11) is 0. The summed E-state index contributed by atoms with van der Waals surface area (Å²) in [5, 5.41) is 0. The zero-order valence-electron chi connectivity index (χ0n) is 8.88. The van der Waals surface area contributed by atoms with Crippen molar-refractivity contribution in [2.24, 2.45) is 0 Å². The van der Waals surface area contributed by atoms with Crippen LogP contribution in [0.1, 0.15) is 33.1 Å². The number of rotatable bonds is 8. The highest BCUT2D eigenvalue weighted by Gasteiger charge is 2.09. The molecule has 0 radical (unpaired) electrons. The first kappa shape index (κ1) is 13.1. The molecule has 0 saturated heterocycles. The van der Waals surface area contributed by atoms with Crippen LogP contribution in [0.2, 0.25) is 0 Å². The summed E-state index contributed by atoms with van der Waals surface area (Å²) in [5.74, 6) is -0.517. The Morgan fingerprint density at radius 3 is 2.43 bits per heavy atom. The number of esters is 1. The number of hydrogen-bond acceptors (Lipinski definition) is 4. The maximum absolute atomic E-state index is 11.0. The van der Waals surface area contributed by atoms with E-state index in [9.17, 15) is 9.59 Å². The van der Waals surface area contributed by atoms with Crippen LogP contribution in [0.3, 0.4) is 0 Å². The van der Waals surface area contributed by atoms with Crippen LogP contribution in [0, 0.1) is 0 Å². The van der Waals surface area contributed by atoms with E-state index in [1.165, 1.54) is 0 Å². The van der Waals surface area contributed by atoms with Gasteiger partial charge in [0.1, 0.15) is 18.8 Å². The highest BCUT2D eigenvalue weighted by molar-refractivity contribution is 5.95. The third-order valence-electron chi connectivity index (χ3n) is 1.57. The molecule has 0 aliphatic carbocycles. The number of Topliss-reactive ketones (excluding diaryl/α,β-unsaturated/α-hetero) is 1. The van der Waals surface area contributed by atoms with Crippen molar-refractivity contribution in [3.63, 3.8) is 0 Å². The van der Waals surface area contributed by atoms with Gasteiger partial charge in [0.25, 0.3) is 0 Å². The fraction of sp³-hybridized carbons (Fsp3) is 0.800. The first-order chi connectivity index (χ1) is 6.70. The van der Waals surface area contributed by atoms with Gasteiger partial charge in [-0.2, -0.15) is 0 Å². The van der Waals surface area contributed by atoms with Crippen molar-refractivity contribution in [3.05, 3.63) is 0 Å². The van der Waals surface area contributed by atoms with Crippen LogP contribution in [0.25, 0.3) is 0 Å². The summed E-state index contributed by atoms with van der Waals surface area (Å²) < 4.78 is 9.75. The SMILES string of the molecule is CCCC(=O)CC(=O)OCCOCC. The molecule has 0 atom stereocenters. The van der Waals surface area contributed by atoms with E-state index in [0.29, 0.717) is 19.6 Å². The van der Waals surface area contributed by atoms with Gasteiger partial charge in [-0.05, 0) is 13.3 Å². The van der Waals surface area contributed by atoms with Gasteiger partial charge in [-0.25, -0.2) is 0 Å². The van der Waals surface area contributed by atoms with Gasteiger partial charge in [0.05, 0.1) is 6.61 Å². The lowest BCUT2D eigenvalue weighted by molar-refractivity contribution is -0.147. The Morgan fingerprint density at radius 2 is 1.86 bits per heavy atom. The van der Waals surface area contributed by atoms with Gasteiger partial charge in [-0.1, -0.05) is 6.92 Å². The smallest absolute Gasteiger partial charge is 0.313 e. The molecule has 0 unspecified atom stereocenters. The minimum atomic E-state index is -0.455. The number of ketones is 1. The Balaban J connectivity index is 3.40. The number of carbonyl (C=O) groups is 2. The van der Waals surface area contributed by atoms with Crippen molar-refractivity contribution in [2.45, 2.75) is 33.1 Å². The Bertz CT molecular complexity index is 177. The molecular formula is C10H18O4. The molecule has 4 nitrogen and oxygen atoms in total. The van der Waals surface area contributed by atoms with Crippen molar-refractivity contribution in [1.82, 2.24) is 0 Å². The predicted octanol–water partition coefficient (Wildman–Crippen LogP) is 1.33. The van der Waals surface area contributed by atoms with Gasteiger partial charge in [0, 0.05) is 13.0 Å². The van der Waals surface area contributed by atoms with E-state index in [2.05, 4.69) is 0 Å². The van der Waals surface area contributed by atoms with E-state index in [4.69, 9.17) is 9.47 Å². The largest absolute Gasteiger partial charge is 0.463 e. The van der Waals surface area contributed by atoms with E-state index in [-0.39, 0.29) is 18.8 Å². The fourth-order valence-corrected chi connectivity index (χ4v) is 0.938.